The van der Waals surface area contributed by atoms with E-state index >= 15 is 0 Å². The fourth-order valence-electron chi connectivity index (χ4n) is 2.34. The van der Waals surface area contributed by atoms with Crippen molar-refractivity contribution in [2.24, 2.45) is 0 Å². The summed E-state index contributed by atoms with van der Waals surface area (Å²) >= 11 is 0. The minimum Gasteiger partial charge on any atom is -0.496 e. The Morgan fingerprint density at radius 2 is 2.39 bits per heavy atom. The highest BCUT2D eigenvalue weighted by atomic mass is 19.1. The number of benzene rings is 1. The van der Waals surface area contributed by atoms with Gasteiger partial charge in [-0.2, -0.15) is 0 Å². The van der Waals surface area contributed by atoms with Gasteiger partial charge in [0.1, 0.15) is 11.6 Å². The highest BCUT2D eigenvalue weighted by Gasteiger charge is 2.19. The lowest BCUT2D eigenvalue weighted by Crippen LogP contribution is -2.09. The van der Waals surface area contributed by atoms with Crippen LogP contribution in [0.3, 0.4) is 0 Å². The maximum Gasteiger partial charge on any atom is 0.124 e. The molecule has 4 heteroatoms. The Kier molecular flexibility index (Phi) is 4.55. The predicted octanol–water partition coefficient (Wildman–Crippen LogP) is 2.83. The minimum atomic E-state index is -0.708. The van der Waals surface area contributed by atoms with Crippen LogP contribution in [0.2, 0.25) is 0 Å². The second kappa shape index (κ2) is 6.16. The number of aliphatic hydroxyl groups excluding tert-OH is 1. The lowest BCUT2D eigenvalue weighted by Gasteiger charge is -2.16. The van der Waals surface area contributed by atoms with Gasteiger partial charge < -0.3 is 14.6 Å². The third-order valence-corrected chi connectivity index (χ3v) is 3.34. The van der Waals surface area contributed by atoms with E-state index in [4.69, 9.17) is 9.47 Å². The SMILES string of the molecule is COc1ccc(F)cc1C(O)CCC1CCCO1. The summed E-state index contributed by atoms with van der Waals surface area (Å²) in [6.45, 7) is 0.810. The monoisotopic (exact) mass is 254 g/mol. The lowest BCUT2D eigenvalue weighted by atomic mass is 10.0. The van der Waals surface area contributed by atoms with E-state index in [-0.39, 0.29) is 11.9 Å². The Morgan fingerprint density at radius 3 is 3.06 bits per heavy atom. The van der Waals surface area contributed by atoms with Crippen LogP contribution < -0.4 is 4.74 Å². The third-order valence-electron chi connectivity index (χ3n) is 3.34. The van der Waals surface area contributed by atoms with Crippen LogP contribution in [0.25, 0.3) is 0 Å². The van der Waals surface area contributed by atoms with Crippen LogP contribution >= 0.6 is 0 Å². The molecule has 0 saturated carbocycles. The number of hydrogen-bond acceptors (Lipinski definition) is 3. The van der Waals surface area contributed by atoms with Crippen molar-refractivity contribution in [3.63, 3.8) is 0 Å². The summed E-state index contributed by atoms with van der Waals surface area (Å²) in [4.78, 5) is 0. The van der Waals surface area contributed by atoms with E-state index in [0.717, 1.165) is 25.9 Å². The standard InChI is InChI=1S/C14H19FO3/c1-17-14-7-4-10(15)9-12(14)13(16)6-5-11-3-2-8-18-11/h4,7,9,11,13,16H,2-3,5-6,8H2,1H3. The highest BCUT2D eigenvalue weighted by molar-refractivity contribution is 5.35. The molecule has 1 fully saturated rings. The van der Waals surface area contributed by atoms with E-state index in [0.29, 0.717) is 17.7 Å². The largest absolute Gasteiger partial charge is 0.496 e. The smallest absolute Gasteiger partial charge is 0.124 e. The molecule has 0 radical (unpaired) electrons. The predicted molar refractivity (Wildman–Crippen MR) is 66.1 cm³/mol. The van der Waals surface area contributed by atoms with Crippen LogP contribution in [0, 0.1) is 5.82 Å². The van der Waals surface area contributed by atoms with Gasteiger partial charge in [0, 0.05) is 12.2 Å². The molecule has 0 bridgehead atoms. The van der Waals surface area contributed by atoms with E-state index in [9.17, 15) is 9.50 Å². The van der Waals surface area contributed by atoms with Crippen LogP contribution in [0.15, 0.2) is 18.2 Å². The Labute approximate surface area is 107 Å². The Hall–Kier alpha value is -1.13. The first-order chi connectivity index (χ1) is 8.70. The molecular formula is C14H19FO3. The molecule has 2 atom stereocenters. The molecule has 2 unspecified atom stereocenters. The Bertz CT molecular complexity index is 389. The maximum absolute atomic E-state index is 13.2. The van der Waals surface area contributed by atoms with Gasteiger partial charge in [-0.1, -0.05) is 0 Å². The zero-order valence-electron chi connectivity index (χ0n) is 10.6. The highest BCUT2D eigenvalue weighted by Crippen LogP contribution is 2.30. The second-order valence-electron chi connectivity index (χ2n) is 4.61. The summed E-state index contributed by atoms with van der Waals surface area (Å²) in [5.41, 5.74) is 0.510. The summed E-state index contributed by atoms with van der Waals surface area (Å²) in [6, 6.07) is 4.20. The van der Waals surface area contributed by atoms with Crippen molar-refractivity contribution in [2.45, 2.75) is 37.9 Å². The quantitative estimate of drug-likeness (QED) is 0.878. The number of rotatable bonds is 5. The van der Waals surface area contributed by atoms with Crippen molar-refractivity contribution in [1.82, 2.24) is 0 Å². The van der Waals surface area contributed by atoms with E-state index in [2.05, 4.69) is 0 Å². The molecule has 2 rings (SSSR count). The molecule has 0 aromatic heterocycles. The van der Waals surface area contributed by atoms with Gasteiger partial charge in [0.2, 0.25) is 0 Å². The van der Waals surface area contributed by atoms with Gasteiger partial charge in [-0.25, -0.2) is 4.39 Å². The number of methoxy groups -OCH3 is 1. The number of ether oxygens (including phenoxy) is 2. The van der Waals surface area contributed by atoms with Crippen LogP contribution in [0.1, 0.15) is 37.4 Å². The summed E-state index contributed by atoms with van der Waals surface area (Å²) in [5, 5.41) is 10.1. The number of halogens is 1. The summed E-state index contributed by atoms with van der Waals surface area (Å²) in [6.07, 6.45) is 3.02. The van der Waals surface area contributed by atoms with Gasteiger partial charge in [-0.05, 0) is 43.9 Å². The normalized spacial score (nSPS) is 20.9. The molecule has 0 amide bonds. The molecule has 0 spiro atoms. The van der Waals surface area contributed by atoms with Crippen molar-refractivity contribution in [3.05, 3.63) is 29.6 Å². The Balaban J connectivity index is 1.98. The first kappa shape index (κ1) is 13.3. The fourth-order valence-corrected chi connectivity index (χ4v) is 2.34. The maximum atomic E-state index is 13.2. The van der Waals surface area contributed by atoms with Crippen molar-refractivity contribution in [3.8, 4) is 5.75 Å². The zero-order chi connectivity index (χ0) is 13.0. The van der Waals surface area contributed by atoms with Gasteiger partial charge in [-0.3, -0.25) is 0 Å². The Morgan fingerprint density at radius 1 is 1.56 bits per heavy atom. The summed E-state index contributed by atoms with van der Waals surface area (Å²) < 4.78 is 23.8. The summed E-state index contributed by atoms with van der Waals surface area (Å²) in [7, 11) is 1.52. The van der Waals surface area contributed by atoms with E-state index in [1.165, 1.54) is 19.2 Å². The molecule has 1 N–H and O–H groups in total. The van der Waals surface area contributed by atoms with Gasteiger partial charge in [0.15, 0.2) is 0 Å². The van der Waals surface area contributed by atoms with Crippen molar-refractivity contribution in [2.75, 3.05) is 13.7 Å². The van der Waals surface area contributed by atoms with Crippen LogP contribution in [-0.2, 0) is 4.74 Å². The molecule has 0 aliphatic carbocycles. The number of hydrogen-bond donors (Lipinski definition) is 1. The molecular weight excluding hydrogens is 235 g/mol. The molecule has 1 aromatic carbocycles. The average Bonchev–Trinajstić information content (AvgIpc) is 2.89. The zero-order valence-corrected chi connectivity index (χ0v) is 10.6. The van der Waals surface area contributed by atoms with Gasteiger partial charge >= 0.3 is 0 Å². The molecule has 1 saturated heterocycles. The van der Waals surface area contributed by atoms with E-state index < -0.39 is 6.10 Å². The molecule has 3 nitrogen and oxygen atoms in total. The minimum absolute atomic E-state index is 0.235. The first-order valence-electron chi connectivity index (χ1n) is 6.34. The van der Waals surface area contributed by atoms with Crippen LogP contribution in [0.4, 0.5) is 4.39 Å². The molecule has 1 aliphatic rings. The van der Waals surface area contributed by atoms with Gasteiger partial charge in [0.25, 0.3) is 0 Å². The molecule has 18 heavy (non-hydrogen) atoms. The van der Waals surface area contributed by atoms with Gasteiger partial charge in [0.05, 0.1) is 19.3 Å². The number of aliphatic hydroxyl groups is 1. The van der Waals surface area contributed by atoms with Crippen molar-refractivity contribution in [1.29, 1.82) is 0 Å². The van der Waals surface area contributed by atoms with E-state index in [1.807, 2.05) is 0 Å². The van der Waals surface area contributed by atoms with Crippen molar-refractivity contribution < 1.29 is 19.0 Å². The average molecular weight is 254 g/mol. The summed E-state index contributed by atoms with van der Waals surface area (Å²) in [5.74, 6) is 0.165. The lowest BCUT2D eigenvalue weighted by molar-refractivity contribution is 0.0805. The van der Waals surface area contributed by atoms with Crippen molar-refractivity contribution >= 4 is 0 Å². The first-order valence-corrected chi connectivity index (χ1v) is 6.34. The van der Waals surface area contributed by atoms with Crippen LogP contribution in [-0.4, -0.2) is 24.9 Å². The molecule has 1 heterocycles. The molecule has 100 valence electrons. The third kappa shape index (κ3) is 3.21. The van der Waals surface area contributed by atoms with E-state index in [1.54, 1.807) is 6.07 Å². The topological polar surface area (TPSA) is 38.7 Å². The molecule has 1 aromatic rings. The molecule has 1 aliphatic heterocycles. The van der Waals surface area contributed by atoms with Crippen LogP contribution in [0.5, 0.6) is 5.75 Å². The fraction of sp³-hybridized carbons (Fsp3) is 0.571. The van der Waals surface area contributed by atoms with Gasteiger partial charge in [-0.15, -0.1) is 0 Å². The second-order valence-corrected chi connectivity index (χ2v) is 4.61.